The van der Waals surface area contributed by atoms with E-state index in [-0.39, 0.29) is 12.1 Å². The summed E-state index contributed by atoms with van der Waals surface area (Å²) in [6.45, 7) is 6.69. The molecule has 1 heterocycles. The number of benzene rings is 2. The van der Waals surface area contributed by atoms with Gasteiger partial charge in [0.1, 0.15) is 5.60 Å². The lowest BCUT2D eigenvalue weighted by Gasteiger charge is -2.31. The average Bonchev–Trinajstić information content (AvgIpc) is 2.66. The Hall–Kier alpha value is -3.22. The van der Waals surface area contributed by atoms with Crippen molar-refractivity contribution in [3.63, 3.8) is 0 Å². The zero-order chi connectivity index (χ0) is 21.9. The van der Waals surface area contributed by atoms with Crippen LogP contribution >= 0.6 is 0 Å². The number of fused-ring (bicyclic) bond motifs is 1. The molecule has 7 heteroatoms. The maximum absolute atomic E-state index is 12.4. The van der Waals surface area contributed by atoms with E-state index in [1.807, 2.05) is 82.2 Å². The molecule has 0 aromatic heterocycles. The summed E-state index contributed by atoms with van der Waals surface area (Å²) in [7, 11) is 3.91. The zero-order valence-corrected chi connectivity index (χ0v) is 18.3. The third kappa shape index (κ3) is 5.65. The van der Waals surface area contributed by atoms with E-state index in [0.29, 0.717) is 13.1 Å². The lowest BCUT2D eigenvalue weighted by molar-refractivity contribution is 0.0224. The summed E-state index contributed by atoms with van der Waals surface area (Å²) < 4.78 is 5.47. The first kappa shape index (κ1) is 21.5. The molecule has 1 aliphatic rings. The van der Waals surface area contributed by atoms with E-state index in [0.717, 1.165) is 34.6 Å². The van der Waals surface area contributed by atoms with E-state index >= 15 is 0 Å². The molecule has 0 fully saturated rings. The van der Waals surface area contributed by atoms with Gasteiger partial charge >= 0.3 is 12.1 Å². The first-order valence-electron chi connectivity index (χ1n) is 10.1. The summed E-state index contributed by atoms with van der Waals surface area (Å²) in [4.78, 5) is 28.4. The third-order valence-electron chi connectivity index (χ3n) is 4.75. The number of urea groups is 1. The quantitative estimate of drug-likeness (QED) is 0.770. The van der Waals surface area contributed by atoms with E-state index in [2.05, 4.69) is 10.6 Å². The van der Waals surface area contributed by atoms with Crippen LogP contribution in [0.15, 0.2) is 42.5 Å². The number of carbonyl (C=O) groups excluding carboxylic acids is 2. The van der Waals surface area contributed by atoms with Crippen LogP contribution in [0.5, 0.6) is 0 Å². The van der Waals surface area contributed by atoms with Crippen molar-refractivity contribution in [1.82, 2.24) is 4.90 Å². The van der Waals surface area contributed by atoms with E-state index < -0.39 is 5.60 Å². The topological polar surface area (TPSA) is 73.9 Å². The molecule has 0 spiro atoms. The molecule has 0 bridgehead atoms. The van der Waals surface area contributed by atoms with Gasteiger partial charge in [-0.25, -0.2) is 9.59 Å². The zero-order valence-electron chi connectivity index (χ0n) is 18.3. The number of hydrogen-bond acceptors (Lipinski definition) is 4. The first-order valence-corrected chi connectivity index (χ1v) is 10.1. The van der Waals surface area contributed by atoms with Crippen molar-refractivity contribution >= 4 is 29.2 Å². The van der Waals surface area contributed by atoms with Gasteiger partial charge in [0.25, 0.3) is 0 Å². The standard InChI is InChI=1S/C23H30N4O3/c1-23(2,3)30-22(29)27-12-11-16-13-19(10-9-17(16)15-27)25-21(28)24-18-7-6-8-20(14-18)26(4)5/h6-10,13-14H,11-12,15H2,1-5H3,(H2,24,25,28). The predicted molar refractivity (Wildman–Crippen MR) is 120 cm³/mol. The second kappa shape index (κ2) is 8.65. The molecule has 3 amide bonds. The lowest BCUT2D eigenvalue weighted by Crippen LogP contribution is -2.39. The highest BCUT2D eigenvalue weighted by atomic mass is 16.6. The van der Waals surface area contributed by atoms with Crippen molar-refractivity contribution in [2.45, 2.75) is 39.3 Å². The molecule has 160 valence electrons. The second-order valence-electron chi connectivity index (χ2n) is 8.66. The molecule has 0 saturated heterocycles. The summed E-state index contributed by atoms with van der Waals surface area (Å²) in [5.41, 5.74) is 4.14. The normalized spacial score (nSPS) is 13.3. The molecule has 1 aliphatic heterocycles. The summed E-state index contributed by atoms with van der Waals surface area (Å²) in [5, 5.41) is 5.75. The van der Waals surface area contributed by atoms with Crippen LogP contribution in [0.3, 0.4) is 0 Å². The van der Waals surface area contributed by atoms with E-state index in [1.165, 1.54) is 0 Å². The van der Waals surface area contributed by atoms with Gasteiger partial charge < -0.3 is 25.2 Å². The molecule has 7 nitrogen and oxygen atoms in total. The van der Waals surface area contributed by atoms with Crippen molar-refractivity contribution in [2.75, 3.05) is 36.2 Å². The van der Waals surface area contributed by atoms with Crippen LogP contribution in [0.25, 0.3) is 0 Å². The monoisotopic (exact) mass is 410 g/mol. The maximum Gasteiger partial charge on any atom is 0.410 e. The fourth-order valence-electron chi connectivity index (χ4n) is 3.27. The van der Waals surface area contributed by atoms with E-state index in [9.17, 15) is 9.59 Å². The van der Waals surface area contributed by atoms with E-state index in [1.54, 1.807) is 4.90 Å². The SMILES string of the molecule is CN(C)c1cccc(NC(=O)Nc2ccc3c(c2)CCN(C(=O)OC(C)(C)C)C3)c1. The maximum atomic E-state index is 12.4. The van der Waals surface area contributed by atoms with Gasteiger partial charge in [0.05, 0.1) is 0 Å². The highest BCUT2D eigenvalue weighted by Gasteiger charge is 2.25. The third-order valence-corrected chi connectivity index (χ3v) is 4.75. The number of nitrogens with one attached hydrogen (secondary N) is 2. The molecule has 0 radical (unpaired) electrons. The summed E-state index contributed by atoms with van der Waals surface area (Å²) >= 11 is 0. The Morgan fingerprint density at radius 1 is 1.00 bits per heavy atom. The Labute approximate surface area is 178 Å². The summed E-state index contributed by atoms with van der Waals surface area (Å²) in [5.74, 6) is 0. The summed E-state index contributed by atoms with van der Waals surface area (Å²) in [6.07, 6.45) is 0.422. The number of carbonyl (C=O) groups is 2. The second-order valence-corrected chi connectivity index (χ2v) is 8.66. The first-order chi connectivity index (χ1) is 14.1. The number of hydrogen-bond donors (Lipinski definition) is 2. The van der Waals surface area contributed by atoms with Gasteiger partial charge in [-0.1, -0.05) is 12.1 Å². The highest BCUT2D eigenvalue weighted by molar-refractivity contribution is 6.00. The van der Waals surface area contributed by atoms with Crippen molar-refractivity contribution < 1.29 is 14.3 Å². The molecule has 2 N–H and O–H groups in total. The van der Waals surface area contributed by atoms with Crippen molar-refractivity contribution in [3.8, 4) is 0 Å². The van der Waals surface area contributed by atoms with Crippen LogP contribution in [0.1, 0.15) is 31.9 Å². The van der Waals surface area contributed by atoms with Gasteiger partial charge in [-0.05, 0) is 68.7 Å². The minimum atomic E-state index is -0.509. The molecule has 30 heavy (non-hydrogen) atoms. The number of anilines is 3. The van der Waals surface area contributed by atoms with Crippen LogP contribution in [0.4, 0.5) is 26.7 Å². The predicted octanol–water partition coefficient (Wildman–Crippen LogP) is 4.69. The van der Waals surface area contributed by atoms with Crippen molar-refractivity contribution in [3.05, 3.63) is 53.6 Å². The van der Waals surface area contributed by atoms with Gasteiger partial charge in [0.2, 0.25) is 0 Å². The molecule has 0 saturated carbocycles. The minimum Gasteiger partial charge on any atom is -0.444 e. The van der Waals surface area contributed by atoms with Crippen LogP contribution < -0.4 is 15.5 Å². The van der Waals surface area contributed by atoms with Crippen LogP contribution in [0, 0.1) is 0 Å². The average molecular weight is 411 g/mol. The van der Waals surface area contributed by atoms with Gasteiger partial charge in [-0.3, -0.25) is 0 Å². The Morgan fingerprint density at radius 3 is 2.37 bits per heavy atom. The number of rotatable bonds is 3. The van der Waals surface area contributed by atoms with Gasteiger partial charge in [0.15, 0.2) is 0 Å². The van der Waals surface area contributed by atoms with Crippen molar-refractivity contribution in [2.24, 2.45) is 0 Å². The molecule has 0 atom stereocenters. The molecule has 2 aromatic carbocycles. The molecular formula is C23H30N4O3. The fourth-order valence-corrected chi connectivity index (χ4v) is 3.27. The van der Waals surface area contributed by atoms with Crippen LogP contribution in [0.2, 0.25) is 0 Å². The Morgan fingerprint density at radius 2 is 1.70 bits per heavy atom. The van der Waals surface area contributed by atoms with Gasteiger partial charge in [-0.15, -0.1) is 0 Å². The summed E-state index contributed by atoms with van der Waals surface area (Å²) in [6, 6.07) is 13.1. The molecular weight excluding hydrogens is 380 g/mol. The molecule has 3 rings (SSSR count). The Balaban J connectivity index is 1.61. The molecule has 0 aliphatic carbocycles. The number of nitrogens with zero attached hydrogens (tertiary/aromatic N) is 2. The van der Waals surface area contributed by atoms with Crippen molar-refractivity contribution in [1.29, 1.82) is 0 Å². The lowest BCUT2D eigenvalue weighted by atomic mass is 9.99. The van der Waals surface area contributed by atoms with Gasteiger partial charge in [-0.2, -0.15) is 0 Å². The van der Waals surface area contributed by atoms with E-state index in [4.69, 9.17) is 4.74 Å². The number of ether oxygens (including phenoxy) is 1. The molecule has 0 unspecified atom stereocenters. The highest BCUT2D eigenvalue weighted by Crippen LogP contribution is 2.24. The van der Waals surface area contributed by atoms with Gasteiger partial charge in [0, 0.05) is 44.2 Å². The minimum absolute atomic E-state index is 0.294. The smallest absolute Gasteiger partial charge is 0.410 e. The largest absolute Gasteiger partial charge is 0.444 e. The Kier molecular flexibility index (Phi) is 6.20. The number of amides is 3. The Bertz CT molecular complexity index is 934. The van der Waals surface area contributed by atoms with Crippen LogP contribution in [-0.2, 0) is 17.7 Å². The fraction of sp³-hybridized carbons (Fsp3) is 0.391. The van der Waals surface area contributed by atoms with Crippen LogP contribution in [-0.4, -0.2) is 43.3 Å². The molecule has 2 aromatic rings.